The first-order valence-corrected chi connectivity index (χ1v) is 8.32. The highest BCUT2D eigenvalue weighted by Crippen LogP contribution is 2.30. The summed E-state index contributed by atoms with van der Waals surface area (Å²) < 4.78 is 37.7. The summed E-state index contributed by atoms with van der Waals surface area (Å²) in [6, 6.07) is 14.0. The zero-order chi connectivity index (χ0) is 17.6. The molecule has 0 saturated carbocycles. The summed E-state index contributed by atoms with van der Waals surface area (Å²) in [6.45, 7) is 4.11. The van der Waals surface area contributed by atoms with Crippen molar-refractivity contribution in [2.45, 2.75) is 45.7 Å². The molecule has 0 N–H and O–H groups in total. The Kier molecular flexibility index (Phi) is 6.24. The Morgan fingerprint density at radius 1 is 0.875 bits per heavy atom. The third kappa shape index (κ3) is 5.26. The maximum atomic E-state index is 12.6. The first-order valence-electron chi connectivity index (χ1n) is 8.32. The van der Waals surface area contributed by atoms with Crippen molar-refractivity contribution >= 4 is 5.57 Å². The maximum absolute atomic E-state index is 12.6. The number of hydrogen-bond donors (Lipinski definition) is 0. The predicted octanol–water partition coefficient (Wildman–Crippen LogP) is 6.69. The van der Waals surface area contributed by atoms with Crippen LogP contribution in [0.15, 0.2) is 54.6 Å². The van der Waals surface area contributed by atoms with Crippen molar-refractivity contribution < 1.29 is 13.2 Å². The summed E-state index contributed by atoms with van der Waals surface area (Å²) in [7, 11) is 0. The molecule has 0 saturated heterocycles. The molecule has 0 aliphatic heterocycles. The van der Waals surface area contributed by atoms with Crippen LogP contribution >= 0.6 is 0 Å². The maximum Gasteiger partial charge on any atom is 0.416 e. The Bertz CT molecular complexity index is 662. The molecule has 0 aliphatic carbocycles. The fourth-order valence-corrected chi connectivity index (χ4v) is 2.66. The molecule has 0 atom stereocenters. The van der Waals surface area contributed by atoms with Crippen molar-refractivity contribution in [2.75, 3.05) is 0 Å². The Morgan fingerprint density at radius 2 is 1.42 bits per heavy atom. The molecule has 2 aromatic rings. The van der Waals surface area contributed by atoms with E-state index >= 15 is 0 Å². The largest absolute Gasteiger partial charge is 0.416 e. The van der Waals surface area contributed by atoms with Crippen LogP contribution in [0.5, 0.6) is 0 Å². The van der Waals surface area contributed by atoms with Crippen molar-refractivity contribution in [3.8, 4) is 0 Å². The lowest BCUT2D eigenvalue weighted by Gasteiger charge is -2.08. The van der Waals surface area contributed by atoms with Crippen molar-refractivity contribution in [1.29, 1.82) is 0 Å². The third-order valence-electron chi connectivity index (χ3n) is 4.11. The molecule has 0 heterocycles. The number of benzene rings is 2. The SMILES string of the molecule is CCCc1ccc(CCC=C(C)c2ccc(C(F)(F)F)cc2)cc1. The van der Waals surface area contributed by atoms with E-state index in [-0.39, 0.29) is 0 Å². The second-order valence-corrected chi connectivity index (χ2v) is 6.07. The van der Waals surface area contributed by atoms with Gasteiger partial charge in [-0.2, -0.15) is 13.2 Å². The van der Waals surface area contributed by atoms with Crippen LogP contribution in [-0.2, 0) is 19.0 Å². The van der Waals surface area contributed by atoms with Crippen LogP contribution in [0.4, 0.5) is 13.2 Å². The zero-order valence-corrected chi connectivity index (χ0v) is 14.2. The summed E-state index contributed by atoms with van der Waals surface area (Å²) in [5, 5.41) is 0. The number of allylic oxidation sites excluding steroid dienone is 2. The van der Waals surface area contributed by atoms with E-state index in [2.05, 4.69) is 37.3 Å². The Balaban J connectivity index is 1.93. The van der Waals surface area contributed by atoms with Gasteiger partial charge in [-0.3, -0.25) is 0 Å². The van der Waals surface area contributed by atoms with E-state index in [0.717, 1.165) is 49.0 Å². The lowest BCUT2D eigenvalue weighted by atomic mass is 10.0. The Hall–Kier alpha value is -2.03. The number of rotatable bonds is 6. The molecule has 0 radical (unpaired) electrons. The van der Waals surface area contributed by atoms with E-state index in [0.29, 0.717) is 0 Å². The third-order valence-corrected chi connectivity index (χ3v) is 4.11. The quantitative estimate of drug-likeness (QED) is 0.552. The fraction of sp³-hybridized carbons (Fsp3) is 0.333. The van der Waals surface area contributed by atoms with Gasteiger partial charge in [0, 0.05) is 0 Å². The normalized spacial score (nSPS) is 12.5. The minimum atomic E-state index is -4.28. The van der Waals surface area contributed by atoms with E-state index in [1.807, 2.05) is 6.92 Å². The smallest absolute Gasteiger partial charge is 0.166 e. The molecule has 0 bridgehead atoms. The zero-order valence-electron chi connectivity index (χ0n) is 14.2. The van der Waals surface area contributed by atoms with E-state index in [1.54, 1.807) is 0 Å². The Labute approximate surface area is 142 Å². The molecule has 0 spiro atoms. The summed E-state index contributed by atoms with van der Waals surface area (Å²) in [5.41, 5.74) is 3.88. The molecule has 2 rings (SSSR count). The van der Waals surface area contributed by atoms with Crippen molar-refractivity contribution in [1.82, 2.24) is 0 Å². The van der Waals surface area contributed by atoms with Gasteiger partial charge in [-0.1, -0.05) is 55.8 Å². The molecule has 0 aromatic heterocycles. The Morgan fingerprint density at radius 3 is 1.92 bits per heavy atom. The minimum absolute atomic E-state index is 0.605. The van der Waals surface area contributed by atoms with Gasteiger partial charge in [-0.25, -0.2) is 0 Å². The first-order chi connectivity index (χ1) is 11.4. The molecule has 24 heavy (non-hydrogen) atoms. The average Bonchev–Trinajstić information content (AvgIpc) is 2.56. The van der Waals surface area contributed by atoms with Gasteiger partial charge >= 0.3 is 6.18 Å². The van der Waals surface area contributed by atoms with Crippen molar-refractivity contribution in [3.63, 3.8) is 0 Å². The molecule has 2 aromatic carbocycles. The highest BCUT2D eigenvalue weighted by molar-refractivity contribution is 5.63. The number of halogens is 3. The summed E-state index contributed by atoms with van der Waals surface area (Å²) in [5.74, 6) is 0. The van der Waals surface area contributed by atoms with E-state index < -0.39 is 11.7 Å². The van der Waals surface area contributed by atoms with E-state index in [4.69, 9.17) is 0 Å². The summed E-state index contributed by atoms with van der Waals surface area (Å²) in [4.78, 5) is 0. The number of hydrogen-bond acceptors (Lipinski definition) is 0. The van der Waals surface area contributed by atoms with Gasteiger partial charge in [0.05, 0.1) is 5.56 Å². The molecule has 0 amide bonds. The molecular weight excluding hydrogens is 309 g/mol. The van der Waals surface area contributed by atoms with Crippen molar-refractivity contribution in [3.05, 3.63) is 76.9 Å². The van der Waals surface area contributed by atoms with Crippen LogP contribution in [0.3, 0.4) is 0 Å². The summed E-state index contributed by atoms with van der Waals surface area (Å²) in [6.07, 6.45) is 1.87. The van der Waals surface area contributed by atoms with Crippen LogP contribution in [0.2, 0.25) is 0 Å². The van der Waals surface area contributed by atoms with Gasteiger partial charge < -0.3 is 0 Å². The molecule has 0 unspecified atom stereocenters. The second kappa shape index (κ2) is 8.18. The first kappa shape index (κ1) is 18.3. The molecular formula is C21H23F3. The van der Waals surface area contributed by atoms with Gasteiger partial charge in [-0.05, 0) is 60.6 Å². The standard InChI is InChI=1S/C21H23F3/c1-3-5-17-8-10-18(11-9-17)7-4-6-16(2)19-12-14-20(15-13-19)21(22,23)24/h6,8-15H,3-5,7H2,1-2H3. The van der Waals surface area contributed by atoms with Crippen molar-refractivity contribution in [2.24, 2.45) is 0 Å². The van der Waals surface area contributed by atoms with Crippen LogP contribution in [-0.4, -0.2) is 0 Å². The molecule has 3 heteroatoms. The van der Waals surface area contributed by atoms with Crippen LogP contribution in [0, 0.1) is 0 Å². The van der Waals surface area contributed by atoms with Crippen LogP contribution in [0.1, 0.15) is 48.9 Å². The molecule has 0 fully saturated rings. The number of alkyl halides is 3. The predicted molar refractivity (Wildman–Crippen MR) is 93.9 cm³/mol. The van der Waals surface area contributed by atoms with Gasteiger partial charge in [0.15, 0.2) is 0 Å². The van der Waals surface area contributed by atoms with Crippen LogP contribution in [0.25, 0.3) is 5.57 Å². The van der Waals surface area contributed by atoms with Crippen LogP contribution < -0.4 is 0 Å². The fourth-order valence-electron chi connectivity index (χ4n) is 2.66. The highest BCUT2D eigenvalue weighted by atomic mass is 19.4. The topological polar surface area (TPSA) is 0 Å². The molecule has 0 aliphatic rings. The van der Waals surface area contributed by atoms with Gasteiger partial charge in [0.2, 0.25) is 0 Å². The lowest BCUT2D eigenvalue weighted by molar-refractivity contribution is -0.137. The monoisotopic (exact) mass is 332 g/mol. The molecule has 0 nitrogen and oxygen atoms in total. The summed E-state index contributed by atoms with van der Waals surface area (Å²) >= 11 is 0. The highest BCUT2D eigenvalue weighted by Gasteiger charge is 2.29. The minimum Gasteiger partial charge on any atom is -0.166 e. The van der Waals surface area contributed by atoms with Gasteiger partial charge in [0.25, 0.3) is 0 Å². The average molecular weight is 332 g/mol. The molecule has 128 valence electrons. The van der Waals surface area contributed by atoms with E-state index in [9.17, 15) is 13.2 Å². The lowest BCUT2D eigenvalue weighted by Crippen LogP contribution is -2.04. The van der Waals surface area contributed by atoms with E-state index in [1.165, 1.54) is 23.3 Å². The second-order valence-electron chi connectivity index (χ2n) is 6.07. The number of aryl methyl sites for hydroxylation is 2. The van der Waals surface area contributed by atoms with Gasteiger partial charge in [-0.15, -0.1) is 0 Å². The van der Waals surface area contributed by atoms with Gasteiger partial charge in [0.1, 0.15) is 0 Å².